The van der Waals surface area contributed by atoms with E-state index in [-0.39, 0.29) is 12.5 Å². The third kappa shape index (κ3) is 7.13. The Morgan fingerprint density at radius 1 is 1.00 bits per heavy atom. The fourth-order valence-electron chi connectivity index (χ4n) is 3.06. The Morgan fingerprint density at radius 2 is 1.67 bits per heavy atom. The molecule has 3 aromatic rings. The van der Waals surface area contributed by atoms with Crippen LogP contribution in [0, 0.1) is 0 Å². The zero-order valence-electron chi connectivity index (χ0n) is 18.3. The number of nitrogens with zero attached hydrogens (tertiary/aromatic N) is 1. The number of carbonyl (C=O) groups excluding carboxylic acids is 1. The van der Waals surface area contributed by atoms with E-state index in [1.807, 2.05) is 12.1 Å². The lowest BCUT2D eigenvalue weighted by molar-refractivity contribution is 0.0947. The van der Waals surface area contributed by atoms with Gasteiger partial charge in [0.25, 0.3) is 5.91 Å². The molecule has 1 N–H and O–H groups in total. The van der Waals surface area contributed by atoms with Crippen LogP contribution in [0.5, 0.6) is 11.5 Å². The van der Waals surface area contributed by atoms with Crippen LogP contribution in [-0.4, -0.2) is 40.8 Å². The van der Waals surface area contributed by atoms with Gasteiger partial charge in [0.15, 0.2) is 0 Å². The van der Waals surface area contributed by atoms with Crippen LogP contribution in [0.4, 0.5) is 5.69 Å². The zero-order chi connectivity index (χ0) is 23.8. The molecule has 0 aliphatic carbocycles. The first-order valence-corrected chi connectivity index (χ1v) is 12.4. The molecule has 3 aromatic carbocycles. The topological polar surface area (TPSA) is 84.9 Å². The molecule has 0 heterocycles. The van der Waals surface area contributed by atoms with E-state index in [1.165, 1.54) is 4.31 Å². The second-order valence-corrected chi connectivity index (χ2v) is 9.57. The van der Waals surface area contributed by atoms with E-state index >= 15 is 0 Å². The number of nitrogens with one attached hydrogen (secondary N) is 1. The molecular weight excluding hydrogens is 464 g/mol. The van der Waals surface area contributed by atoms with Gasteiger partial charge in [-0.2, -0.15) is 0 Å². The highest BCUT2D eigenvalue weighted by atomic mass is 35.5. The molecule has 0 unspecified atom stereocenters. The number of amides is 1. The Labute approximate surface area is 198 Å². The maximum atomic E-state index is 12.4. The number of carbonyl (C=O) groups is 1. The zero-order valence-corrected chi connectivity index (χ0v) is 19.9. The summed E-state index contributed by atoms with van der Waals surface area (Å²) in [5.41, 5.74) is 1.67. The molecule has 9 heteroatoms. The average Bonchev–Trinajstić information content (AvgIpc) is 2.81. The van der Waals surface area contributed by atoms with Gasteiger partial charge in [0.2, 0.25) is 10.0 Å². The number of methoxy groups -OCH3 is 1. The lowest BCUT2D eigenvalue weighted by atomic mass is 10.2. The van der Waals surface area contributed by atoms with E-state index in [1.54, 1.807) is 67.8 Å². The summed E-state index contributed by atoms with van der Waals surface area (Å²) in [6.07, 6.45) is 1.14. The lowest BCUT2D eigenvalue weighted by Gasteiger charge is -2.23. The van der Waals surface area contributed by atoms with Crippen LogP contribution in [0.3, 0.4) is 0 Å². The van der Waals surface area contributed by atoms with Crippen molar-refractivity contribution in [2.75, 3.05) is 30.8 Å². The van der Waals surface area contributed by atoms with Crippen LogP contribution in [-0.2, 0) is 16.6 Å². The van der Waals surface area contributed by atoms with E-state index in [0.29, 0.717) is 40.9 Å². The molecule has 0 aromatic heterocycles. The molecule has 0 saturated carbocycles. The molecule has 0 saturated heterocycles. The van der Waals surface area contributed by atoms with Crippen molar-refractivity contribution in [3.05, 3.63) is 88.9 Å². The Morgan fingerprint density at radius 3 is 2.30 bits per heavy atom. The third-order valence-corrected chi connectivity index (χ3v) is 6.15. The van der Waals surface area contributed by atoms with Gasteiger partial charge in [-0.05, 0) is 54.1 Å². The van der Waals surface area contributed by atoms with Crippen molar-refractivity contribution >= 4 is 33.2 Å². The SMILES string of the molecule is COc1cccc(OCCNC(=O)c2ccc(N(Cc3ccc(Cl)cc3)S(C)(=O)=O)cc2)c1. The molecule has 0 spiro atoms. The Hall–Kier alpha value is -3.23. The number of rotatable bonds is 10. The molecule has 0 aliphatic heterocycles. The van der Waals surface area contributed by atoms with Crippen LogP contribution in [0.15, 0.2) is 72.8 Å². The summed E-state index contributed by atoms with van der Waals surface area (Å²) in [5, 5.41) is 3.36. The van der Waals surface area contributed by atoms with Crippen molar-refractivity contribution < 1.29 is 22.7 Å². The minimum absolute atomic E-state index is 0.156. The molecule has 7 nitrogen and oxygen atoms in total. The first kappa shape index (κ1) is 24.4. The summed E-state index contributed by atoms with van der Waals surface area (Å²) in [7, 11) is -1.95. The fraction of sp³-hybridized carbons (Fsp3) is 0.208. The maximum Gasteiger partial charge on any atom is 0.251 e. The highest BCUT2D eigenvalue weighted by Crippen LogP contribution is 2.22. The Balaban J connectivity index is 1.58. The molecule has 0 bridgehead atoms. The summed E-state index contributed by atoms with van der Waals surface area (Å²) in [4.78, 5) is 12.4. The second kappa shape index (κ2) is 11.1. The highest BCUT2D eigenvalue weighted by Gasteiger charge is 2.18. The van der Waals surface area contributed by atoms with E-state index in [9.17, 15) is 13.2 Å². The summed E-state index contributed by atoms with van der Waals surface area (Å²) in [5.74, 6) is 1.06. The molecule has 1 amide bonds. The third-order valence-electron chi connectivity index (χ3n) is 4.75. The molecule has 33 heavy (non-hydrogen) atoms. The largest absolute Gasteiger partial charge is 0.497 e. The van der Waals surface area contributed by atoms with Crippen LogP contribution in [0.1, 0.15) is 15.9 Å². The van der Waals surface area contributed by atoms with E-state index in [2.05, 4.69) is 5.32 Å². The fourth-order valence-corrected chi connectivity index (χ4v) is 4.08. The number of sulfonamides is 1. The number of halogens is 1. The van der Waals surface area contributed by atoms with E-state index < -0.39 is 10.0 Å². The second-order valence-electron chi connectivity index (χ2n) is 7.23. The van der Waals surface area contributed by atoms with Crippen LogP contribution in [0.2, 0.25) is 5.02 Å². The first-order valence-electron chi connectivity index (χ1n) is 10.1. The normalized spacial score (nSPS) is 11.0. The van der Waals surface area contributed by atoms with Gasteiger partial charge in [0, 0.05) is 16.7 Å². The molecule has 0 fully saturated rings. The molecule has 0 atom stereocenters. The molecule has 174 valence electrons. The summed E-state index contributed by atoms with van der Waals surface area (Å²) in [6, 6.07) is 20.6. The number of anilines is 1. The maximum absolute atomic E-state index is 12.4. The standard InChI is InChI=1S/C24H25ClN2O5S/c1-31-22-4-3-5-23(16-22)32-15-14-26-24(28)19-8-12-21(13-9-19)27(33(2,29)30)17-18-6-10-20(25)11-7-18/h3-13,16H,14-15,17H2,1-2H3,(H,26,28). The van der Waals surface area contributed by atoms with Gasteiger partial charge >= 0.3 is 0 Å². The quantitative estimate of drug-likeness (QED) is 0.434. The van der Waals surface area contributed by atoms with Crippen molar-refractivity contribution in [1.82, 2.24) is 5.32 Å². The predicted octanol–water partition coefficient (Wildman–Crippen LogP) is 4.12. The van der Waals surface area contributed by atoms with Gasteiger partial charge in [-0.25, -0.2) is 8.42 Å². The van der Waals surface area contributed by atoms with Gasteiger partial charge in [-0.1, -0.05) is 29.8 Å². The molecule has 0 aliphatic rings. The van der Waals surface area contributed by atoms with Crippen LogP contribution in [0.25, 0.3) is 0 Å². The minimum atomic E-state index is -3.53. The smallest absolute Gasteiger partial charge is 0.251 e. The predicted molar refractivity (Wildman–Crippen MR) is 130 cm³/mol. The number of benzene rings is 3. The summed E-state index contributed by atoms with van der Waals surface area (Å²) < 4.78 is 36.7. The van der Waals surface area contributed by atoms with Crippen molar-refractivity contribution in [3.63, 3.8) is 0 Å². The molecular formula is C24H25ClN2O5S. The van der Waals surface area contributed by atoms with Crippen LogP contribution >= 0.6 is 11.6 Å². The number of hydrogen-bond donors (Lipinski definition) is 1. The molecule has 3 rings (SSSR count). The number of hydrogen-bond acceptors (Lipinski definition) is 5. The van der Waals surface area contributed by atoms with Crippen molar-refractivity contribution in [2.45, 2.75) is 6.54 Å². The van der Waals surface area contributed by atoms with Crippen LogP contribution < -0.4 is 19.1 Å². The Bertz CT molecular complexity index is 1180. The van der Waals surface area contributed by atoms with Gasteiger partial charge in [-0.15, -0.1) is 0 Å². The lowest BCUT2D eigenvalue weighted by Crippen LogP contribution is -2.30. The van der Waals surface area contributed by atoms with E-state index in [0.717, 1.165) is 11.8 Å². The van der Waals surface area contributed by atoms with Gasteiger partial charge in [0.1, 0.15) is 18.1 Å². The van der Waals surface area contributed by atoms with Crippen molar-refractivity contribution in [1.29, 1.82) is 0 Å². The minimum Gasteiger partial charge on any atom is -0.497 e. The average molecular weight is 489 g/mol. The summed E-state index contributed by atoms with van der Waals surface area (Å²) in [6.45, 7) is 0.757. The van der Waals surface area contributed by atoms with Gasteiger partial charge in [-0.3, -0.25) is 9.10 Å². The molecule has 0 radical (unpaired) electrons. The van der Waals surface area contributed by atoms with E-state index in [4.69, 9.17) is 21.1 Å². The Kier molecular flexibility index (Phi) is 8.19. The van der Waals surface area contributed by atoms with Gasteiger partial charge in [0.05, 0.1) is 32.1 Å². The van der Waals surface area contributed by atoms with Crippen molar-refractivity contribution in [3.8, 4) is 11.5 Å². The highest BCUT2D eigenvalue weighted by molar-refractivity contribution is 7.92. The first-order chi connectivity index (χ1) is 15.8. The van der Waals surface area contributed by atoms with Gasteiger partial charge < -0.3 is 14.8 Å². The number of ether oxygens (including phenoxy) is 2. The van der Waals surface area contributed by atoms with Crippen molar-refractivity contribution in [2.24, 2.45) is 0 Å². The monoisotopic (exact) mass is 488 g/mol. The summed E-state index contributed by atoms with van der Waals surface area (Å²) >= 11 is 5.91.